The third-order valence-electron chi connectivity index (χ3n) is 7.20. The molecule has 170 valence electrons. The van der Waals surface area contributed by atoms with Crippen LogP contribution in [0.25, 0.3) is 10.8 Å². The number of benzene rings is 2. The van der Waals surface area contributed by atoms with Gasteiger partial charge in [0.05, 0.1) is 12.4 Å². The third-order valence-corrected chi connectivity index (χ3v) is 7.20. The number of imidazole rings is 1. The predicted molar refractivity (Wildman–Crippen MR) is 126 cm³/mol. The number of fused-ring (bicyclic) bond motifs is 1. The van der Waals surface area contributed by atoms with Crippen LogP contribution in [0.2, 0.25) is 0 Å². The van der Waals surface area contributed by atoms with Gasteiger partial charge in [0.15, 0.2) is 0 Å². The van der Waals surface area contributed by atoms with Crippen LogP contribution in [0.4, 0.5) is 0 Å². The number of carboxylic acids is 1. The Hall–Kier alpha value is -2.86. The molecular formula is C26H33N3O3. The molecule has 1 N–H and O–H groups in total. The van der Waals surface area contributed by atoms with Crippen LogP contribution < -0.4 is 4.74 Å². The van der Waals surface area contributed by atoms with Gasteiger partial charge in [0.2, 0.25) is 0 Å². The lowest BCUT2D eigenvalue weighted by Gasteiger charge is -2.32. The van der Waals surface area contributed by atoms with Gasteiger partial charge in [0.1, 0.15) is 17.8 Å². The van der Waals surface area contributed by atoms with Gasteiger partial charge in [-0.2, -0.15) is 0 Å². The van der Waals surface area contributed by atoms with E-state index in [1.807, 2.05) is 30.9 Å². The van der Waals surface area contributed by atoms with Crippen molar-refractivity contribution < 1.29 is 14.6 Å². The molecule has 32 heavy (non-hydrogen) atoms. The van der Waals surface area contributed by atoms with Crippen molar-refractivity contribution in [1.82, 2.24) is 14.5 Å². The van der Waals surface area contributed by atoms with Crippen molar-refractivity contribution >= 4 is 16.7 Å². The lowest BCUT2D eigenvalue weighted by atomic mass is 9.87. The molecule has 4 rings (SSSR count). The Labute approximate surface area is 189 Å². The predicted octanol–water partition coefficient (Wildman–Crippen LogP) is 4.99. The summed E-state index contributed by atoms with van der Waals surface area (Å²) < 4.78 is 8.15. The lowest BCUT2D eigenvalue weighted by molar-refractivity contribution is -0.150. The van der Waals surface area contributed by atoms with Gasteiger partial charge in [-0.3, -0.25) is 4.79 Å². The Balaban J connectivity index is 1.58. The molecule has 6 heteroatoms. The molecule has 0 radical (unpaired) electrons. The van der Waals surface area contributed by atoms with Crippen molar-refractivity contribution in [2.24, 2.45) is 5.41 Å². The molecular weight excluding hydrogens is 402 g/mol. The fourth-order valence-electron chi connectivity index (χ4n) is 4.87. The van der Waals surface area contributed by atoms with Gasteiger partial charge in [0, 0.05) is 18.4 Å². The Morgan fingerprint density at radius 2 is 1.94 bits per heavy atom. The Morgan fingerprint density at radius 1 is 1.22 bits per heavy atom. The number of rotatable bonds is 9. The van der Waals surface area contributed by atoms with Crippen LogP contribution in [0.3, 0.4) is 0 Å². The molecule has 1 heterocycles. The molecule has 1 aliphatic carbocycles. The SMILES string of the molecule is CCN(C)[C@H](C)[C@@H](c1ccc2cc(OCC3(C(=O)O)CCCC3)ccc2c1)n1ccnc1. The summed E-state index contributed by atoms with van der Waals surface area (Å²) in [5.74, 6) is -0.0137. The van der Waals surface area contributed by atoms with Crippen LogP contribution in [0.5, 0.6) is 5.75 Å². The van der Waals surface area contributed by atoms with E-state index >= 15 is 0 Å². The van der Waals surface area contributed by atoms with E-state index < -0.39 is 11.4 Å². The Morgan fingerprint density at radius 3 is 2.59 bits per heavy atom. The maximum absolute atomic E-state index is 11.8. The fourth-order valence-corrected chi connectivity index (χ4v) is 4.87. The van der Waals surface area contributed by atoms with Crippen molar-refractivity contribution in [1.29, 1.82) is 0 Å². The van der Waals surface area contributed by atoms with Crippen LogP contribution in [0.15, 0.2) is 55.1 Å². The normalized spacial score (nSPS) is 17.5. The summed E-state index contributed by atoms with van der Waals surface area (Å²) in [7, 11) is 2.15. The molecule has 2 atom stereocenters. The summed E-state index contributed by atoms with van der Waals surface area (Å²) in [6.45, 7) is 5.62. The molecule has 0 aliphatic heterocycles. The van der Waals surface area contributed by atoms with E-state index in [0.717, 1.165) is 35.9 Å². The first-order chi connectivity index (χ1) is 15.4. The molecule has 0 bridgehead atoms. The van der Waals surface area contributed by atoms with Gasteiger partial charge < -0.3 is 19.3 Å². The molecule has 0 amide bonds. The maximum atomic E-state index is 11.8. The van der Waals surface area contributed by atoms with E-state index in [4.69, 9.17) is 4.74 Å². The summed E-state index contributed by atoms with van der Waals surface area (Å²) in [5.41, 5.74) is 0.492. The minimum Gasteiger partial charge on any atom is -0.492 e. The van der Waals surface area contributed by atoms with Crippen molar-refractivity contribution in [2.45, 2.75) is 51.6 Å². The second kappa shape index (κ2) is 9.33. The van der Waals surface area contributed by atoms with Gasteiger partial charge >= 0.3 is 5.97 Å². The molecule has 1 fully saturated rings. The highest BCUT2D eigenvalue weighted by Gasteiger charge is 2.42. The molecule has 0 spiro atoms. The molecule has 0 unspecified atom stereocenters. The number of aliphatic carboxylic acids is 1. The Kier molecular flexibility index (Phi) is 6.51. The van der Waals surface area contributed by atoms with Gasteiger partial charge in [-0.05, 0) is 67.9 Å². The number of hydrogen-bond acceptors (Lipinski definition) is 4. The minimum absolute atomic E-state index is 0.153. The second-order valence-corrected chi connectivity index (χ2v) is 9.12. The van der Waals surface area contributed by atoms with Gasteiger partial charge in [0.25, 0.3) is 0 Å². The molecule has 1 aliphatic rings. The molecule has 3 aromatic rings. The zero-order chi connectivity index (χ0) is 22.7. The maximum Gasteiger partial charge on any atom is 0.313 e. The highest BCUT2D eigenvalue weighted by Crippen LogP contribution is 2.39. The molecule has 1 aromatic heterocycles. The van der Waals surface area contributed by atoms with Crippen LogP contribution in [-0.2, 0) is 4.79 Å². The number of carbonyl (C=O) groups is 1. The number of hydrogen-bond donors (Lipinski definition) is 1. The monoisotopic (exact) mass is 435 g/mol. The fraction of sp³-hybridized carbons (Fsp3) is 0.462. The zero-order valence-electron chi connectivity index (χ0n) is 19.2. The van der Waals surface area contributed by atoms with Crippen molar-refractivity contribution in [2.75, 3.05) is 20.2 Å². The number of aromatic nitrogens is 2. The third kappa shape index (κ3) is 4.37. The largest absolute Gasteiger partial charge is 0.492 e. The smallest absolute Gasteiger partial charge is 0.313 e. The highest BCUT2D eigenvalue weighted by atomic mass is 16.5. The van der Waals surface area contributed by atoms with Crippen LogP contribution >= 0.6 is 0 Å². The first kappa shape index (κ1) is 22.3. The molecule has 2 aromatic carbocycles. The number of nitrogens with zero attached hydrogens (tertiary/aromatic N) is 3. The quantitative estimate of drug-likeness (QED) is 0.513. The van der Waals surface area contributed by atoms with Gasteiger partial charge in [-0.1, -0.05) is 38.0 Å². The molecule has 1 saturated carbocycles. The molecule has 6 nitrogen and oxygen atoms in total. The van der Waals surface area contributed by atoms with Crippen molar-refractivity contribution in [3.05, 3.63) is 60.7 Å². The van der Waals surface area contributed by atoms with E-state index in [9.17, 15) is 9.90 Å². The van der Waals surface area contributed by atoms with Crippen LogP contribution in [0, 0.1) is 5.41 Å². The number of ether oxygens (including phenoxy) is 1. The number of carboxylic acid groups (broad SMARTS) is 1. The van der Waals surface area contributed by atoms with Crippen LogP contribution in [-0.4, -0.2) is 51.8 Å². The standard InChI is InChI=1S/C26H33N3O3/c1-4-28(3)19(2)24(29-14-13-27-18-29)22-8-7-21-16-23(10-9-20(21)15-22)32-17-26(25(30)31)11-5-6-12-26/h7-10,13-16,18-19,24H,4-6,11-12,17H2,1-3H3,(H,30,31)/t19-,24+/m1/s1. The first-order valence-electron chi connectivity index (χ1n) is 11.5. The summed E-state index contributed by atoms with van der Waals surface area (Å²) >= 11 is 0. The average Bonchev–Trinajstić information content (AvgIpc) is 3.50. The molecule has 0 saturated heterocycles. The van der Waals surface area contributed by atoms with E-state index in [-0.39, 0.29) is 12.6 Å². The lowest BCUT2D eigenvalue weighted by Crippen LogP contribution is -2.37. The summed E-state index contributed by atoms with van der Waals surface area (Å²) in [4.78, 5) is 18.4. The second-order valence-electron chi connectivity index (χ2n) is 9.12. The van der Waals surface area contributed by atoms with E-state index in [2.05, 4.69) is 59.6 Å². The van der Waals surface area contributed by atoms with Crippen molar-refractivity contribution in [3.63, 3.8) is 0 Å². The van der Waals surface area contributed by atoms with E-state index in [1.54, 1.807) is 0 Å². The Bertz CT molecular complexity index is 1060. The summed E-state index contributed by atoms with van der Waals surface area (Å²) in [6, 6.07) is 13.0. The first-order valence-corrected chi connectivity index (χ1v) is 11.5. The zero-order valence-corrected chi connectivity index (χ0v) is 19.2. The van der Waals surface area contributed by atoms with E-state index in [1.165, 1.54) is 5.56 Å². The highest BCUT2D eigenvalue weighted by molar-refractivity contribution is 5.84. The van der Waals surface area contributed by atoms with E-state index in [0.29, 0.717) is 18.9 Å². The number of likely N-dealkylation sites (N-methyl/N-ethyl adjacent to an activating group) is 1. The topological polar surface area (TPSA) is 67.6 Å². The summed E-state index contributed by atoms with van der Waals surface area (Å²) in [5, 5.41) is 11.9. The van der Waals surface area contributed by atoms with Gasteiger partial charge in [-0.15, -0.1) is 0 Å². The van der Waals surface area contributed by atoms with Crippen molar-refractivity contribution in [3.8, 4) is 5.75 Å². The van der Waals surface area contributed by atoms with Crippen LogP contribution in [0.1, 0.15) is 51.1 Å². The average molecular weight is 436 g/mol. The minimum atomic E-state index is -0.739. The summed E-state index contributed by atoms with van der Waals surface area (Å²) in [6.07, 6.45) is 9.03. The van der Waals surface area contributed by atoms with Gasteiger partial charge in [-0.25, -0.2) is 4.98 Å².